The lowest BCUT2D eigenvalue weighted by molar-refractivity contribution is 0.114. The molecule has 1 fully saturated rings. The van der Waals surface area contributed by atoms with E-state index >= 15 is 0 Å². The number of benzene rings is 1. The van der Waals surface area contributed by atoms with Crippen LogP contribution >= 0.6 is 24.0 Å². The Balaban J connectivity index is 0.00000264. The number of hydrogen-bond acceptors (Lipinski definition) is 4. The average Bonchev–Trinajstić information content (AvgIpc) is 3.00. The standard InChI is InChI=1S/C15H23N3O3S.HI/c1-16-15(18-11-13-4-3-9-21-13)17-10-12-5-7-14(8-6-12)22(2,19)20;/h5-8,13H,3-4,9-11H2,1-2H3,(H2,16,17,18);1H. The Morgan fingerprint density at radius 3 is 2.52 bits per heavy atom. The van der Waals surface area contributed by atoms with Crippen LogP contribution in [0.4, 0.5) is 0 Å². The van der Waals surface area contributed by atoms with Gasteiger partial charge in [0, 0.05) is 33.0 Å². The molecule has 6 nitrogen and oxygen atoms in total. The van der Waals surface area contributed by atoms with Gasteiger partial charge in [0.25, 0.3) is 0 Å². The zero-order valence-corrected chi connectivity index (χ0v) is 16.6. The summed E-state index contributed by atoms with van der Waals surface area (Å²) in [6, 6.07) is 6.84. The molecule has 0 amide bonds. The number of nitrogens with one attached hydrogen (secondary N) is 2. The fourth-order valence-electron chi connectivity index (χ4n) is 2.28. The first-order valence-electron chi connectivity index (χ1n) is 7.34. The highest BCUT2D eigenvalue weighted by atomic mass is 127. The van der Waals surface area contributed by atoms with Gasteiger partial charge in [-0.05, 0) is 30.5 Å². The van der Waals surface area contributed by atoms with E-state index in [4.69, 9.17) is 4.74 Å². The van der Waals surface area contributed by atoms with Gasteiger partial charge in [-0.2, -0.15) is 0 Å². The molecule has 0 bridgehead atoms. The Morgan fingerprint density at radius 2 is 2.00 bits per heavy atom. The summed E-state index contributed by atoms with van der Waals surface area (Å²) in [5.74, 6) is 0.711. The molecule has 1 aromatic carbocycles. The van der Waals surface area contributed by atoms with Crippen molar-refractivity contribution in [2.75, 3.05) is 26.5 Å². The molecule has 2 N–H and O–H groups in total. The molecule has 1 unspecified atom stereocenters. The van der Waals surface area contributed by atoms with Gasteiger partial charge in [-0.25, -0.2) is 8.42 Å². The monoisotopic (exact) mass is 453 g/mol. The van der Waals surface area contributed by atoms with E-state index in [1.54, 1.807) is 31.3 Å². The number of nitrogens with zero attached hydrogens (tertiary/aromatic N) is 1. The molecule has 1 aromatic rings. The van der Waals surface area contributed by atoms with Crippen molar-refractivity contribution >= 4 is 39.8 Å². The summed E-state index contributed by atoms with van der Waals surface area (Å²) in [4.78, 5) is 4.49. The van der Waals surface area contributed by atoms with Gasteiger partial charge in [0.1, 0.15) is 0 Å². The maximum Gasteiger partial charge on any atom is 0.191 e. The van der Waals surface area contributed by atoms with Gasteiger partial charge >= 0.3 is 0 Å². The van der Waals surface area contributed by atoms with Gasteiger partial charge < -0.3 is 15.4 Å². The molecule has 1 atom stereocenters. The predicted molar refractivity (Wildman–Crippen MR) is 102 cm³/mol. The topological polar surface area (TPSA) is 79.8 Å². The highest BCUT2D eigenvalue weighted by Crippen LogP contribution is 2.11. The number of hydrogen-bond donors (Lipinski definition) is 2. The Hall–Kier alpha value is -0.870. The molecule has 1 saturated heterocycles. The minimum Gasteiger partial charge on any atom is -0.376 e. The van der Waals surface area contributed by atoms with Crippen LogP contribution < -0.4 is 10.6 Å². The van der Waals surface area contributed by atoms with Crippen LogP contribution in [0.2, 0.25) is 0 Å². The summed E-state index contributed by atoms with van der Waals surface area (Å²) in [6.45, 7) is 2.16. The second-order valence-corrected chi connectivity index (χ2v) is 7.37. The normalized spacial score (nSPS) is 18.3. The van der Waals surface area contributed by atoms with E-state index in [0.717, 1.165) is 31.6 Å². The lowest BCUT2D eigenvalue weighted by Crippen LogP contribution is -2.40. The van der Waals surface area contributed by atoms with Gasteiger partial charge in [-0.3, -0.25) is 4.99 Å². The molecular formula is C15H24IN3O3S. The molecule has 1 heterocycles. The quantitative estimate of drug-likeness (QED) is 0.402. The molecule has 2 rings (SSSR count). The van der Waals surface area contributed by atoms with Crippen molar-refractivity contribution in [1.82, 2.24) is 10.6 Å². The van der Waals surface area contributed by atoms with Crippen LogP contribution in [-0.4, -0.2) is 46.9 Å². The third-order valence-electron chi connectivity index (χ3n) is 3.56. The molecule has 130 valence electrons. The number of guanidine groups is 1. The fourth-order valence-corrected chi connectivity index (χ4v) is 2.91. The molecule has 23 heavy (non-hydrogen) atoms. The third kappa shape index (κ3) is 6.64. The molecule has 0 spiro atoms. The number of ether oxygens (including phenoxy) is 1. The Kier molecular flexibility index (Phi) is 8.27. The Bertz CT molecular complexity index is 611. The van der Waals surface area contributed by atoms with E-state index in [-0.39, 0.29) is 30.1 Å². The third-order valence-corrected chi connectivity index (χ3v) is 4.68. The van der Waals surface area contributed by atoms with Crippen LogP contribution in [0.1, 0.15) is 18.4 Å². The van der Waals surface area contributed by atoms with Crippen molar-refractivity contribution in [2.24, 2.45) is 4.99 Å². The van der Waals surface area contributed by atoms with E-state index in [0.29, 0.717) is 17.4 Å². The maximum absolute atomic E-state index is 11.4. The molecule has 0 radical (unpaired) electrons. The van der Waals surface area contributed by atoms with Gasteiger partial charge in [0.05, 0.1) is 11.0 Å². The summed E-state index contributed by atoms with van der Waals surface area (Å²) in [7, 11) is -1.42. The SMILES string of the molecule is CN=C(NCc1ccc(S(C)(=O)=O)cc1)NCC1CCCO1.I. The highest BCUT2D eigenvalue weighted by molar-refractivity contribution is 14.0. The van der Waals surface area contributed by atoms with E-state index < -0.39 is 9.84 Å². The fraction of sp³-hybridized carbons (Fsp3) is 0.533. The minimum atomic E-state index is -3.14. The summed E-state index contributed by atoms with van der Waals surface area (Å²) in [6.07, 6.45) is 3.66. The van der Waals surface area contributed by atoms with E-state index in [1.807, 2.05) is 0 Å². The first-order valence-corrected chi connectivity index (χ1v) is 9.23. The van der Waals surface area contributed by atoms with Crippen molar-refractivity contribution in [3.63, 3.8) is 0 Å². The van der Waals surface area contributed by atoms with E-state index in [2.05, 4.69) is 15.6 Å². The smallest absolute Gasteiger partial charge is 0.191 e. The van der Waals surface area contributed by atoms with Crippen molar-refractivity contribution in [2.45, 2.75) is 30.4 Å². The molecule has 8 heteroatoms. The number of sulfone groups is 1. The van der Waals surface area contributed by atoms with Gasteiger partial charge in [0.15, 0.2) is 15.8 Å². The zero-order valence-electron chi connectivity index (χ0n) is 13.4. The lowest BCUT2D eigenvalue weighted by atomic mass is 10.2. The first-order chi connectivity index (χ1) is 10.5. The molecular weight excluding hydrogens is 429 g/mol. The van der Waals surface area contributed by atoms with E-state index in [9.17, 15) is 8.42 Å². The van der Waals surface area contributed by atoms with Crippen molar-refractivity contribution < 1.29 is 13.2 Å². The maximum atomic E-state index is 11.4. The number of rotatable bonds is 5. The zero-order chi connectivity index (χ0) is 16.0. The summed E-state index contributed by atoms with van der Waals surface area (Å²) >= 11 is 0. The van der Waals surface area contributed by atoms with E-state index in [1.165, 1.54) is 6.26 Å². The first kappa shape index (κ1) is 20.2. The number of aliphatic imine (C=N–C) groups is 1. The second kappa shape index (κ2) is 9.43. The Morgan fingerprint density at radius 1 is 1.30 bits per heavy atom. The lowest BCUT2D eigenvalue weighted by Gasteiger charge is -2.15. The van der Waals surface area contributed by atoms with Crippen molar-refractivity contribution in [3.05, 3.63) is 29.8 Å². The molecule has 0 saturated carbocycles. The number of halogens is 1. The second-order valence-electron chi connectivity index (χ2n) is 5.36. The van der Waals surface area contributed by atoms with Gasteiger partial charge in [-0.1, -0.05) is 12.1 Å². The predicted octanol–water partition coefficient (Wildman–Crippen LogP) is 1.55. The van der Waals surface area contributed by atoms with Gasteiger partial charge in [-0.15, -0.1) is 24.0 Å². The van der Waals surface area contributed by atoms with Crippen LogP contribution in [0.15, 0.2) is 34.2 Å². The minimum absolute atomic E-state index is 0. The summed E-state index contributed by atoms with van der Waals surface area (Å²) < 4.78 is 28.4. The Labute approximate surface area is 155 Å². The van der Waals surface area contributed by atoms with Crippen LogP contribution in [0, 0.1) is 0 Å². The van der Waals surface area contributed by atoms with Crippen molar-refractivity contribution in [1.29, 1.82) is 0 Å². The molecule has 1 aliphatic heterocycles. The largest absolute Gasteiger partial charge is 0.376 e. The van der Waals surface area contributed by atoms with Crippen LogP contribution in [-0.2, 0) is 21.1 Å². The van der Waals surface area contributed by atoms with Gasteiger partial charge in [0.2, 0.25) is 0 Å². The van der Waals surface area contributed by atoms with Crippen molar-refractivity contribution in [3.8, 4) is 0 Å². The summed E-state index contributed by atoms with van der Waals surface area (Å²) in [5.41, 5.74) is 0.993. The van der Waals surface area contributed by atoms with Crippen LogP contribution in [0.25, 0.3) is 0 Å². The highest BCUT2D eigenvalue weighted by Gasteiger charge is 2.15. The molecule has 0 aromatic heterocycles. The molecule has 0 aliphatic carbocycles. The average molecular weight is 453 g/mol. The summed E-state index contributed by atoms with van der Waals surface area (Å²) in [5, 5.41) is 6.44. The van der Waals surface area contributed by atoms with Crippen LogP contribution in [0.3, 0.4) is 0 Å². The van der Waals surface area contributed by atoms with Crippen LogP contribution in [0.5, 0.6) is 0 Å². The molecule has 1 aliphatic rings.